The molecule has 0 atom stereocenters. The van der Waals surface area contributed by atoms with Gasteiger partial charge in [-0.15, -0.1) is 11.3 Å². The van der Waals surface area contributed by atoms with Crippen LogP contribution in [0.25, 0.3) is 10.1 Å². The molecule has 1 N–H and O–H groups in total. The molecule has 2 aromatic carbocycles. The van der Waals surface area contributed by atoms with Crippen molar-refractivity contribution in [3.63, 3.8) is 0 Å². The minimum atomic E-state index is -0.0386. The van der Waals surface area contributed by atoms with E-state index in [1.54, 1.807) is 18.4 Å². The molecule has 21 heavy (non-hydrogen) atoms. The second-order valence-corrected chi connectivity index (χ2v) is 5.59. The lowest BCUT2D eigenvalue weighted by atomic mass is 10.1. The Labute approximate surface area is 127 Å². The average Bonchev–Trinajstić information content (AvgIpc) is 2.97. The van der Waals surface area contributed by atoms with Gasteiger partial charge < -0.3 is 10.1 Å². The highest BCUT2D eigenvalue weighted by molar-refractivity contribution is 7.17. The molecular formula is C17H15NO2S. The molecule has 3 nitrogen and oxygen atoms in total. The van der Waals surface area contributed by atoms with E-state index in [0.717, 1.165) is 27.0 Å². The van der Waals surface area contributed by atoms with Crippen LogP contribution in [0.5, 0.6) is 5.75 Å². The molecule has 1 heterocycles. The summed E-state index contributed by atoms with van der Waals surface area (Å²) in [4.78, 5) is 12.3. The fourth-order valence-corrected chi connectivity index (χ4v) is 3.12. The van der Waals surface area contributed by atoms with Crippen molar-refractivity contribution in [1.82, 2.24) is 5.32 Å². The summed E-state index contributed by atoms with van der Waals surface area (Å²) < 4.78 is 6.25. The van der Waals surface area contributed by atoms with Crippen molar-refractivity contribution >= 4 is 27.3 Å². The Morgan fingerprint density at radius 2 is 1.90 bits per heavy atom. The molecule has 0 spiro atoms. The maximum atomic E-state index is 12.3. The standard InChI is InChI=1S/C17H15NO2S/c1-20-13-8-6-12(7-9-13)10-18-17(19)15-11-21-16-5-3-2-4-14(15)16/h2-9,11H,10H2,1H3,(H,18,19). The first-order chi connectivity index (χ1) is 10.3. The van der Waals surface area contributed by atoms with Gasteiger partial charge in [-0.3, -0.25) is 4.79 Å². The zero-order valence-corrected chi connectivity index (χ0v) is 12.4. The van der Waals surface area contributed by atoms with E-state index in [0.29, 0.717) is 6.54 Å². The molecule has 0 fully saturated rings. The smallest absolute Gasteiger partial charge is 0.253 e. The zero-order valence-electron chi connectivity index (χ0n) is 11.6. The van der Waals surface area contributed by atoms with E-state index in [1.165, 1.54) is 0 Å². The Morgan fingerprint density at radius 1 is 1.14 bits per heavy atom. The molecule has 0 unspecified atom stereocenters. The number of fused-ring (bicyclic) bond motifs is 1. The van der Waals surface area contributed by atoms with Crippen LogP contribution in [0, 0.1) is 0 Å². The second-order valence-electron chi connectivity index (χ2n) is 4.68. The van der Waals surface area contributed by atoms with Gasteiger partial charge in [0.2, 0.25) is 0 Å². The summed E-state index contributed by atoms with van der Waals surface area (Å²) in [5.41, 5.74) is 1.78. The third-order valence-electron chi connectivity index (χ3n) is 3.34. The molecule has 0 aliphatic heterocycles. The Balaban J connectivity index is 1.71. The summed E-state index contributed by atoms with van der Waals surface area (Å²) in [6.07, 6.45) is 0. The maximum Gasteiger partial charge on any atom is 0.253 e. The number of amides is 1. The second kappa shape index (κ2) is 5.97. The van der Waals surface area contributed by atoms with Crippen LogP contribution in [-0.2, 0) is 6.54 Å². The van der Waals surface area contributed by atoms with Crippen molar-refractivity contribution in [2.24, 2.45) is 0 Å². The van der Waals surface area contributed by atoms with E-state index < -0.39 is 0 Å². The Hall–Kier alpha value is -2.33. The van der Waals surface area contributed by atoms with Crippen molar-refractivity contribution in [3.8, 4) is 5.75 Å². The molecule has 3 aromatic rings. The highest BCUT2D eigenvalue weighted by Crippen LogP contribution is 2.25. The van der Waals surface area contributed by atoms with Crippen molar-refractivity contribution in [1.29, 1.82) is 0 Å². The van der Waals surface area contributed by atoms with Crippen LogP contribution in [0.15, 0.2) is 53.9 Å². The number of rotatable bonds is 4. The first kappa shape index (κ1) is 13.6. The van der Waals surface area contributed by atoms with Gasteiger partial charge in [0.05, 0.1) is 12.7 Å². The highest BCUT2D eigenvalue weighted by Gasteiger charge is 2.11. The molecule has 0 aliphatic carbocycles. The molecular weight excluding hydrogens is 282 g/mol. The summed E-state index contributed by atoms with van der Waals surface area (Å²) in [5.74, 6) is 0.775. The van der Waals surface area contributed by atoms with Gasteiger partial charge in [0.15, 0.2) is 0 Å². The number of benzene rings is 2. The van der Waals surface area contributed by atoms with Crippen molar-refractivity contribution in [3.05, 3.63) is 65.0 Å². The fourth-order valence-electron chi connectivity index (χ4n) is 2.17. The SMILES string of the molecule is COc1ccc(CNC(=O)c2csc3ccccc23)cc1. The Morgan fingerprint density at radius 3 is 2.67 bits per heavy atom. The number of methoxy groups -OCH3 is 1. The lowest BCUT2D eigenvalue weighted by Gasteiger charge is -2.06. The largest absolute Gasteiger partial charge is 0.497 e. The molecule has 0 bridgehead atoms. The van der Waals surface area contributed by atoms with Gasteiger partial charge in [-0.1, -0.05) is 30.3 Å². The molecule has 0 saturated carbocycles. The van der Waals surface area contributed by atoms with Gasteiger partial charge >= 0.3 is 0 Å². The monoisotopic (exact) mass is 297 g/mol. The maximum absolute atomic E-state index is 12.3. The van der Waals surface area contributed by atoms with Crippen LogP contribution in [0.1, 0.15) is 15.9 Å². The van der Waals surface area contributed by atoms with Gasteiger partial charge in [0.1, 0.15) is 5.75 Å². The van der Waals surface area contributed by atoms with Crippen LogP contribution in [0.4, 0.5) is 0 Å². The molecule has 0 saturated heterocycles. The van der Waals surface area contributed by atoms with Gasteiger partial charge in [0, 0.05) is 22.0 Å². The minimum absolute atomic E-state index is 0.0386. The lowest BCUT2D eigenvalue weighted by molar-refractivity contribution is 0.0953. The fraction of sp³-hybridized carbons (Fsp3) is 0.118. The van der Waals surface area contributed by atoms with Crippen LogP contribution < -0.4 is 10.1 Å². The lowest BCUT2D eigenvalue weighted by Crippen LogP contribution is -2.22. The third kappa shape index (κ3) is 2.90. The summed E-state index contributed by atoms with van der Waals surface area (Å²) in [6, 6.07) is 15.6. The van der Waals surface area contributed by atoms with Crippen LogP contribution in [0.3, 0.4) is 0 Å². The number of nitrogens with one attached hydrogen (secondary N) is 1. The highest BCUT2D eigenvalue weighted by atomic mass is 32.1. The zero-order chi connectivity index (χ0) is 14.7. The topological polar surface area (TPSA) is 38.3 Å². The van der Waals surface area contributed by atoms with Gasteiger partial charge in [-0.05, 0) is 23.8 Å². The average molecular weight is 297 g/mol. The third-order valence-corrected chi connectivity index (χ3v) is 4.30. The predicted molar refractivity (Wildman–Crippen MR) is 86.0 cm³/mol. The van der Waals surface area contributed by atoms with Gasteiger partial charge in [-0.2, -0.15) is 0 Å². The Kier molecular flexibility index (Phi) is 3.88. The summed E-state index contributed by atoms with van der Waals surface area (Å²) in [7, 11) is 1.64. The predicted octanol–water partition coefficient (Wildman–Crippen LogP) is 3.84. The van der Waals surface area contributed by atoms with Gasteiger partial charge in [0.25, 0.3) is 5.91 Å². The molecule has 4 heteroatoms. The number of hydrogen-bond donors (Lipinski definition) is 1. The van der Waals surface area contributed by atoms with E-state index in [2.05, 4.69) is 5.32 Å². The number of hydrogen-bond acceptors (Lipinski definition) is 3. The van der Waals surface area contributed by atoms with Gasteiger partial charge in [-0.25, -0.2) is 0 Å². The van der Waals surface area contributed by atoms with E-state index in [9.17, 15) is 4.79 Å². The number of ether oxygens (including phenoxy) is 1. The van der Waals surface area contributed by atoms with Crippen LogP contribution >= 0.6 is 11.3 Å². The molecule has 0 aliphatic rings. The number of thiophene rings is 1. The quantitative estimate of drug-likeness (QED) is 0.794. The molecule has 3 rings (SSSR count). The Bertz CT molecular complexity index is 762. The van der Waals surface area contributed by atoms with E-state index in [-0.39, 0.29) is 5.91 Å². The molecule has 0 radical (unpaired) electrons. The van der Waals surface area contributed by atoms with Crippen molar-refractivity contribution < 1.29 is 9.53 Å². The van der Waals surface area contributed by atoms with E-state index in [4.69, 9.17) is 4.74 Å². The minimum Gasteiger partial charge on any atom is -0.497 e. The first-order valence-corrected chi connectivity index (χ1v) is 7.53. The molecule has 1 aromatic heterocycles. The summed E-state index contributed by atoms with van der Waals surface area (Å²) in [6.45, 7) is 0.507. The normalized spacial score (nSPS) is 10.5. The molecule has 1 amide bonds. The summed E-state index contributed by atoms with van der Waals surface area (Å²) in [5, 5.41) is 5.88. The van der Waals surface area contributed by atoms with Crippen LogP contribution in [0.2, 0.25) is 0 Å². The first-order valence-electron chi connectivity index (χ1n) is 6.65. The van der Waals surface area contributed by atoms with Crippen molar-refractivity contribution in [2.45, 2.75) is 6.54 Å². The number of carbonyl (C=O) groups is 1. The summed E-state index contributed by atoms with van der Waals surface area (Å²) >= 11 is 1.59. The molecule has 106 valence electrons. The van der Waals surface area contributed by atoms with E-state index >= 15 is 0 Å². The van der Waals surface area contributed by atoms with Crippen LogP contribution in [-0.4, -0.2) is 13.0 Å². The van der Waals surface area contributed by atoms with Crippen molar-refractivity contribution in [2.75, 3.05) is 7.11 Å². The van der Waals surface area contributed by atoms with E-state index in [1.807, 2.05) is 53.9 Å². The number of carbonyl (C=O) groups excluding carboxylic acids is 1.